The van der Waals surface area contributed by atoms with Crippen molar-refractivity contribution in [3.8, 4) is 5.54 Å². The first kappa shape index (κ1) is 10.5. The van der Waals surface area contributed by atoms with Gasteiger partial charge in [0.25, 0.3) is 0 Å². The molecule has 0 spiro atoms. The molecule has 0 aromatic carbocycles. The Labute approximate surface area is 62.2 Å². The van der Waals surface area contributed by atoms with Gasteiger partial charge in [-0.15, -0.1) is 0 Å². The molecule has 0 bridgehead atoms. The standard InChI is InChI=1S/C5H9Si.Au/c1-5-6(2,3)4;/h2-4H3;/q-1;+1. The summed E-state index contributed by atoms with van der Waals surface area (Å²) in [7, 11) is -1.21. The van der Waals surface area contributed by atoms with E-state index in [4.69, 9.17) is 6.42 Å². The van der Waals surface area contributed by atoms with Gasteiger partial charge in [-0.05, 0) is 0 Å². The first-order chi connectivity index (χ1) is 2.56. The maximum absolute atomic E-state index is 6.67. The van der Waals surface area contributed by atoms with Gasteiger partial charge >= 0.3 is 22.4 Å². The third kappa shape index (κ3) is 10.7. The van der Waals surface area contributed by atoms with Crippen molar-refractivity contribution in [1.29, 1.82) is 0 Å². The largest absolute Gasteiger partial charge is 1.00 e. The van der Waals surface area contributed by atoms with E-state index in [2.05, 4.69) is 25.2 Å². The Kier molecular flexibility index (Phi) is 5.26. The zero-order chi connectivity index (χ0) is 5.21. The molecule has 0 aromatic rings. The first-order valence-electron chi connectivity index (χ1n) is 2.00. The second kappa shape index (κ2) is 3.51. The fourth-order valence-electron chi connectivity index (χ4n) is 0. The molecule has 2 heteroatoms. The van der Waals surface area contributed by atoms with Gasteiger partial charge in [0.05, 0.1) is 8.07 Å². The van der Waals surface area contributed by atoms with Crippen molar-refractivity contribution in [2.45, 2.75) is 19.6 Å². The van der Waals surface area contributed by atoms with Crippen LogP contribution in [0.15, 0.2) is 0 Å². The Hall–Kier alpha value is 0.517. The molecule has 0 radical (unpaired) electrons. The molecule has 0 unspecified atom stereocenters. The summed E-state index contributed by atoms with van der Waals surface area (Å²) in [4.78, 5) is 0. The van der Waals surface area contributed by atoms with Gasteiger partial charge in [0.15, 0.2) is 0 Å². The van der Waals surface area contributed by atoms with Gasteiger partial charge in [-0.3, -0.25) is 0 Å². The van der Waals surface area contributed by atoms with Crippen molar-refractivity contribution < 1.29 is 22.4 Å². The van der Waals surface area contributed by atoms with Crippen LogP contribution >= 0.6 is 0 Å². The summed E-state index contributed by atoms with van der Waals surface area (Å²) in [5, 5.41) is 0. The summed E-state index contributed by atoms with van der Waals surface area (Å²) in [6.45, 7) is 6.25. The van der Waals surface area contributed by atoms with Gasteiger partial charge in [0.2, 0.25) is 0 Å². The van der Waals surface area contributed by atoms with Gasteiger partial charge < -0.3 is 12.0 Å². The molecule has 7 heavy (non-hydrogen) atoms. The molecular formula is C5H9AuSi. The van der Waals surface area contributed by atoms with Crippen molar-refractivity contribution in [3.63, 3.8) is 0 Å². The average molecular weight is 294 g/mol. The summed E-state index contributed by atoms with van der Waals surface area (Å²) in [5.41, 5.74) is 2.49. The molecule has 0 atom stereocenters. The van der Waals surface area contributed by atoms with Gasteiger partial charge in [0, 0.05) is 0 Å². The van der Waals surface area contributed by atoms with Crippen LogP contribution in [0.5, 0.6) is 0 Å². The summed E-state index contributed by atoms with van der Waals surface area (Å²) in [5.74, 6) is 0. The van der Waals surface area contributed by atoms with Crippen molar-refractivity contribution in [2.75, 3.05) is 0 Å². The van der Waals surface area contributed by atoms with Gasteiger partial charge in [0.1, 0.15) is 0 Å². The van der Waals surface area contributed by atoms with E-state index in [0.29, 0.717) is 0 Å². The quantitative estimate of drug-likeness (QED) is 0.360. The van der Waals surface area contributed by atoms with Gasteiger partial charge in [-0.2, -0.15) is 0 Å². The van der Waals surface area contributed by atoms with Gasteiger partial charge in [-0.1, -0.05) is 19.6 Å². The molecule has 0 aromatic heterocycles. The molecule has 0 N–H and O–H groups in total. The maximum Gasteiger partial charge on any atom is 1.00 e. The fourth-order valence-corrected chi connectivity index (χ4v) is 0. The minimum absolute atomic E-state index is 0. The predicted molar refractivity (Wildman–Crippen MR) is 30.5 cm³/mol. The third-order valence-corrected chi connectivity index (χ3v) is 1.12. The zero-order valence-electron chi connectivity index (χ0n) is 4.80. The van der Waals surface area contributed by atoms with E-state index < -0.39 is 8.07 Å². The maximum atomic E-state index is 6.67. The molecular weight excluding hydrogens is 285 g/mol. The Morgan fingerprint density at radius 3 is 1.43 bits per heavy atom. The normalized spacial score (nSPS) is 8.86. The van der Waals surface area contributed by atoms with Crippen molar-refractivity contribution in [1.82, 2.24) is 0 Å². The molecule has 0 aliphatic heterocycles. The molecule has 0 nitrogen and oxygen atoms in total. The predicted octanol–water partition coefficient (Wildman–Crippen LogP) is 1.45. The number of hydrogen-bond acceptors (Lipinski definition) is 0. The molecule has 0 amide bonds. The smallest absolute Gasteiger partial charge is 0.701 e. The Morgan fingerprint density at radius 1 is 1.29 bits per heavy atom. The van der Waals surface area contributed by atoms with Crippen LogP contribution in [0.25, 0.3) is 0 Å². The number of rotatable bonds is 0. The summed E-state index contributed by atoms with van der Waals surface area (Å²) in [6, 6.07) is 0. The SMILES string of the molecule is [Au+].[C-]#C[Si](C)(C)C. The van der Waals surface area contributed by atoms with Crippen LogP contribution in [0, 0.1) is 12.0 Å². The Morgan fingerprint density at radius 2 is 1.43 bits per heavy atom. The molecule has 0 fully saturated rings. The van der Waals surface area contributed by atoms with Crippen molar-refractivity contribution in [2.24, 2.45) is 0 Å². The van der Waals surface area contributed by atoms with Crippen molar-refractivity contribution >= 4 is 8.07 Å². The second-order valence-electron chi connectivity index (χ2n) is 2.38. The summed E-state index contributed by atoms with van der Waals surface area (Å²) < 4.78 is 0. The minimum Gasteiger partial charge on any atom is -0.701 e. The van der Waals surface area contributed by atoms with Crippen LogP contribution in [0.3, 0.4) is 0 Å². The average Bonchev–Trinajstić information content (AvgIpc) is 1.35. The molecule has 0 aliphatic carbocycles. The van der Waals surface area contributed by atoms with E-state index in [1.165, 1.54) is 0 Å². The fraction of sp³-hybridized carbons (Fsp3) is 0.600. The zero-order valence-corrected chi connectivity index (χ0v) is 7.97. The first-order valence-corrected chi connectivity index (χ1v) is 5.50. The molecule has 0 aliphatic rings. The van der Waals surface area contributed by atoms with Crippen LogP contribution < -0.4 is 0 Å². The molecule has 44 valence electrons. The van der Waals surface area contributed by atoms with E-state index in [1.807, 2.05) is 0 Å². The molecule has 0 saturated carbocycles. The van der Waals surface area contributed by atoms with Crippen LogP contribution in [0.1, 0.15) is 0 Å². The number of hydrogen-bond donors (Lipinski definition) is 0. The third-order valence-electron chi connectivity index (χ3n) is 0.375. The summed E-state index contributed by atoms with van der Waals surface area (Å²) in [6.07, 6.45) is 6.67. The van der Waals surface area contributed by atoms with Crippen LogP contribution in [0.2, 0.25) is 19.6 Å². The van der Waals surface area contributed by atoms with Crippen molar-refractivity contribution in [3.05, 3.63) is 6.42 Å². The second-order valence-corrected chi connectivity index (χ2v) is 7.12. The van der Waals surface area contributed by atoms with E-state index in [9.17, 15) is 0 Å². The van der Waals surface area contributed by atoms with E-state index in [-0.39, 0.29) is 22.4 Å². The topological polar surface area (TPSA) is 0 Å². The van der Waals surface area contributed by atoms with Gasteiger partial charge in [-0.25, -0.2) is 0 Å². The van der Waals surface area contributed by atoms with Crippen LogP contribution in [0.4, 0.5) is 0 Å². The van der Waals surface area contributed by atoms with E-state index >= 15 is 0 Å². The molecule has 0 saturated heterocycles. The monoisotopic (exact) mass is 294 g/mol. The summed E-state index contributed by atoms with van der Waals surface area (Å²) >= 11 is 0. The molecule has 0 rings (SSSR count). The van der Waals surface area contributed by atoms with Crippen LogP contribution in [-0.2, 0) is 22.4 Å². The van der Waals surface area contributed by atoms with E-state index in [1.54, 1.807) is 0 Å². The molecule has 0 heterocycles. The Bertz CT molecular complexity index is 75.1. The van der Waals surface area contributed by atoms with E-state index in [0.717, 1.165) is 0 Å². The van der Waals surface area contributed by atoms with Crippen LogP contribution in [-0.4, -0.2) is 8.07 Å². The Balaban J connectivity index is 0. The minimum atomic E-state index is -1.21.